The number of hydrogen-bond donors (Lipinski definition) is 1. The van der Waals surface area contributed by atoms with Crippen LogP contribution in [0.4, 0.5) is 0 Å². The fourth-order valence-electron chi connectivity index (χ4n) is 2.65. The minimum atomic E-state index is 0.721. The van der Waals surface area contributed by atoms with E-state index in [1.54, 1.807) is 0 Å². The Morgan fingerprint density at radius 1 is 1.18 bits per heavy atom. The van der Waals surface area contributed by atoms with Gasteiger partial charge in [0.2, 0.25) is 0 Å². The second-order valence-corrected chi connectivity index (χ2v) is 4.81. The highest BCUT2D eigenvalue weighted by atomic mass is 15.0. The molecule has 0 aliphatic carbocycles. The molecule has 0 bridgehead atoms. The van der Waals surface area contributed by atoms with Crippen LogP contribution in [0.2, 0.25) is 0 Å². The maximum absolute atomic E-state index is 5.71. The molecule has 0 spiro atoms. The number of hydrogen-bond acceptors (Lipinski definition) is 1. The van der Waals surface area contributed by atoms with E-state index in [9.17, 15) is 0 Å². The minimum absolute atomic E-state index is 0.721. The summed E-state index contributed by atoms with van der Waals surface area (Å²) in [4.78, 5) is 0. The van der Waals surface area contributed by atoms with E-state index < -0.39 is 0 Å². The molecule has 0 aliphatic rings. The third kappa shape index (κ3) is 2.09. The second kappa shape index (κ2) is 4.92. The summed E-state index contributed by atoms with van der Waals surface area (Å²) in [6.07, 6.45) is 4.43. The summed E-state index contributed by atoms with van der Waals surface area (Å²) in [5.74, 6) is 0. The van der Waals surface area contributed by atoms with Crippen molar-refractivity contribution in [2.45, 2.75) is 40.2 Å². The van der Waals surface area contributed by atoms with Crippen LogP contribution in [0.25, 0.3) is 10.9 Å². The van der Waals surface area contributed by atoms with Gasteiger partial charge >= 0.3 is 0 Å². The van der Waals surface area contributed by atoms with E-state index in [1.807, 2.05) is 0 Å². The van der Waals surface area contributed by atoms with E-state index in [4.69, 9.17) is 5.73 Å². The van der Waals surface area contributed by atoms with Crippen molar-refractivity contribution in [3.05, 3.63) is 35.0 Å². The van der Waals surface area contributed by atoms with Crippen molar-refractivity contribution < 1.29 is 0 Å². The van der Waals surface area contributed by atoms with Crippen LogP contribution in [0.1, 0.15) is 30.0 Å². The van der Waals surface area contributed by atoms with Gasteiger partial charge in [-0.2, -0.15) is 0 Å². The molecule has 0 radical (unpaired) electrons. The van der Waals surface area contributed by atoms with Gasteiger partial charge in [-0.3, -0.25) is 0 Å². The number of aromatic nitrogens is 1. The molecule has 17 heavy (non-hydrogen) atoms. The lowest BCUT2D eigenvalue weighted by atomic mass is 10.0. The van der Waals surface area contributed by atoms with Gasteiger partial charge in [-0.1, -0.05) is 19.1 Å². The van der Waals surface area contributed by atoms with Crippen LogP contribution in [0.5, 0.6) is 0 Å². The Kier molecular flexibility index (Phi) is 3.53. The van der Waals surface area contributed by atoms with E-state index in [0.29, 0.717) is 0 Å². The first-order valence-electron chi connectivity index (χ1n) is 6.47. The number of rotatable bonds is 4. The highest BCUT2D eigenvalue weighted by molar-refractivity contribution is 5.89. The number of fused-ring (bicyclic) bond motifs is 1. The molecule has 2 aromatic rings. The van der Waals surface area contributed by atoms with Gasteiger partial charge in [0, 0.05) is 18.1 Å². The van der Waals surface area contributed by atoms with Crippen LogP contribution < -0.4 is 5.73 Å². The minimum Gasteiger partial charge on any atom is -0.347 e. The van der Waals surface area contributed by atoms with Crippen LogP contribution in [0.3, 0.4) is 0 Å². The van der Waals surface area contributed by atoms with Crippen LogP contribution in [-0.2, 0) is 13.0 Å². The van der Waals surface area contributed by atoms with Gasteiger partial charge < -0.3 is 10.3 Å². The maximum atomic E-state index is 5.71. The smallest absolute Gasteiger partial charge is 0.0515 e. The van der Waals surface area contributed by atoms with Crippen LogP contribution >= 0.6 is 0 Å². The normalized spacial score (nSPS) is 11.3. The summed E-state index contributed by atoms with van der Waals surface area (Å²) >= 11 is 0. The Bertz CT molecular complexity index is 477. The van der Waals surface area contributed by atoms with Crippen molar-refractivity contribution in [2.75, 3.05) is 6.54 Å². The van der Waals surface area contributed by atoms with Gasteiger partial charge in [0.25, 0.3) is 0 Å². The van der Waals surface area contributed by atoms with Gasteiger partial charge in [0.15, 0.2) is 0 Å². The van der Waals surface area contributed by atoms with Crippen molar-refractivity contribution in [3.63, 3.8) is 0 Å². The Labute approximate surface area is 103 Å². The molecule has 2 nitrogen and oxygen atoms in total. The lowest BCUT2D eigenvalue weighted by Gasteiger charge is -2.07. The lowest BCUT2D eigenvalue weighted by molar-refractivity contribution is 0.699. The molecule has 0 atom stereocenters. The summed E-state index contributed by atoms with van der Waals surface area (Å²) in [5.41, 5.74) is 11.2. The Balaban J connectivity index is 2.71. The van der Waals surface area contributed by atoms with Gasteiger partial charge in [-0.05, 0) is 49.9 Å². The van der Waals surface area contributed by atoms with E-state index in [-0.39, 0.29) is 0 Å². The molecule has 0 saturated carbocycles. The molecule has 2 rings (SSSR count). The van der Waals surface area contributed by atoms with E-state index in [1.165, 1.54) is 34.0 Å². The predicted molar refractivity (Wildman–Crippen MR) is 74.5 cm³/mol. The first-order valence-corrected chi connectivity index (χ1v) is 6.47. The van der Waals surface area contributed by atoms with Gasteiger partial charge in [0.1, 0.15) is 0 Å². The molecule has 2 heteroatoms. The molecule has 0 saturated heterocycles. The summed E-state index contributed by atoms with van der Waals surface area (Å²) in [6.45, 7) is 8.42. The van der Waals surface area contributed by atoms with Crippen LogP contribution in [-0.4, -0.2) is 11.1 Å². The van der Waals surface area contributed by atoms with Crippen LogP contribution in [0, 0.1) is 13.8 Å². The lowest BCUT2D eigenvalue weighted by Crippen LogP contribution is -2.02. The SMILES string of the molecule is CCCn1cc(CCN)c2c(C)ccc(C)c21. The Morgan fingerprint density at radius 3 is 2.53 bits per heavy atom. The van der Waals surface area contributed by atoms with Crippen LogP contribution in [0.15, 0.2) is 18.3 Å². The zero-order chi connectivity index (χ0) is 12.4. The molecule has 1 aromatic heterocycles. The number of benzene rings is 1. The average Bonchev–Trinajstić information content (AvgIpc) is 2.65. The number of aryl methyl sites for hydroxylation is 3. The highest BCUT2D eigenvalue weighted by Crippen LogP contribution is 2.28. The molecule has 2 N–H and O–H groups in total. The van der Waals surface area contributed by atoms with Crippen molar-refractivity contribution in [2.24, 2.45) is 5.73 Å². The fraction of sp³-hybridized carbons (Fsp3) is 0.467. The predicted octanol–water partition coefficient (Wildman–Crippen LogP) is 3.17. The molecule has 1 aromatic carbocycles. The third-order valence-electron chi connectivity index (χ3n) is 3.39. The topological polar surface area (TPSA) is 30.9 Å². The molecule has 0 amide bonds. The third-order valence-corrected chi connectivity index (χ3v) is 3.39. The fourth-order valence-corrected chi connectivity index (χ4v) is 2.65. The first-order chi connectivity index (χ1) is 8.19. The van der Waals surface area contributed by atoms with Gasteiger partial charge in [-0.25, -0.2) is 0 Å². The summed E-state index contributed by atoms with van der Waals surface area (Å²) < 4.78 is 2.39. The van der Waals surface area contributed by atoms with E-state index >= 15 is 0 Å². The average molecular weight is 230 g/mol. The standard InChI is InChI=1S/C15H22N2/c1-4-9-17-10-13(7-8-16)14-11(2)5-6-12(3)15(14)17/h5-6,10H,4,7-9,16H2,1-3H3. The van der Waals surface area contributed by atoms with E-state index in [0.717, 1.165) is 19.5 Å². The zero-order valence-electron chi connectivity index (χ0n) is 11.1. The molecular formula is C15H22N2. The summed E-state index contributed by atoms with van der Waals surface area (Å²) in [7, 11) is 0. The molecule has 0 aliphatic heterocycles. The Hall–Kier alpha value is -1.28. The molecule has 1 heterocycles. The molecule has 92 valence electrons. The van der Waals surface area contributed by atoms with Crippen molar-refractivity contribution in [1.82, 2.24) is 4.57 Å². The molecular weight excluding hydrogens is 208 g/mol. The number of nitrogens with zero attached hydrogens (tertiary/aromatic N) is 1. The zero-order valence-corrected chi connectivity index (χ0v) is 11.1. The monoisotopic (exact) mass is 230 g/mol. The van der Waals surface area contributed by atoms with Crippen molar-refractivity contribution in [3.8, 4) is 0 Å². The summed E-state index contributed by atoms with van der Waals surface area (Å²) in [5, 5.41) is 1.42. The Morgan fingerprint density at radius 2 is 1.88 bits per heavy atom. The first kappa shape index (κ1) is 12.2. The second-order valence-electron chi connectivity index (χ2n) is 4.81. The highest BCUT2D eigenvalue weighted by Gasteiger charge is 2.11. The number of nitrogens with two attached hydrogens (primary N) is 1. The molecule has 0 unspecified atom stereocenters. The van der Waals surface area contributed by atoms with E-state index in [2.05, 4.69) is 43.7 Å². The van der Waals surface area contributed by atoms with Gasteiger partial charge in [0.05, 0.1) is 5.52 Å². The van der Waals surface area contributed by atoms with Crippen molar-refractivity contribution >= 4 is 10.9 Å². The van der Waals surface area contributed by atoms with Crippen molar-refractivity contribution in [1.29, 1.82) is 0 Å². The summed E-state index contributed by atoms with van der Waals surface area (Å²) in [6, 6.07) is 4.43. The van der Waals surface area contributed by atoms with Gasteiger partial charge in [-0.15, -0.1) is 0 Å². The largest absolute Gasteiger partial charge is 0.347 e. The molecule has 0 fully saturated rings. The quantitative estimate of drug-likeness (QED) is 0.859. The maximum Gasteiger partial charge on any atom is 0.0515 e.